The van der Waals surface area contributed by atoms with E-state index in [-0.39, 0.29) is 5.92 Å². The van der Waals surface area contributed by atoms with Crippen LogP contribution in [0.15, 0.2) is 36.4 Å². The lowest BCUT2D eigenvalue weighted by molar-refractivity contribution is -0.138. The third-order valence-corrected chi connectivity index (χ3v) is 4.70. The van der Waals surface area contributed by atoms with Gasteiger partial charge in [0.15, 0.2) is 0 Å². The second kappa shape index (κ2) is 5.99. The highest BCUT2D eigenvalue weighted by Gasteiger charge is 2.34. The van der Waals surface area contributed by atoms with E-state index >= 15 is 0 Å². The molecule has 22 heavy (non-hydrogen) atoms. The fraction of sp³-hybridized carbons (Fsp3) is 0.188. The molecule has 0 spiro atoms. The molecule has 0 saturated carbocycles. The summed E-state index contributed by atoms with van der Waals surface area (Å²) in [7, 11) is 0. The number of hydrogen-bond acceptors (Lipinski definition) is 2. The fourth-order valence-electron chi connectivity index (χ4n) is 2.86. The minimum atomic E-state index is -0.918. The van der Waals surface area contributed by atoms with E-state index in [0.717, 1.165) is 11.1 Å². The summed E-state index contributed by atoms with van der Waals surface area (Å²) in [5.41, 5.74) is 2.33. The van der Waals surface area contributed by atoms with Gasteiger partial charge < -0.3 is 10.4 Å². The minimum Gasteiger partial charge on any atom is -0.480 e. The molecule has 3 nitrogen and oxygen atoms in total. The molecule has 114 valence electrons. The third-order valence-electron chi connectivity index (χ3n) is 3.82. The molecule has 2 N–H and O–H groups in total. The molecule has 0 bridgehead atoms. The standard InChI is InChI=1S/C16H12Cl3NO2/c17-8-5-12(19)15-10(9-3-1-2-4-11(9)18)7-14(16(21)22)20-13(15)6-8/h1-6,10,14,20H,7H2,(H,21,22). The predicted molar refractivity (Wildman–Crippen MR) is 89.4 cm³/mol. The van der Waals surface area contributed by atoms with Gasteiger partial charge in [0.1, 0.15) is 6.04 Å². The number of fused-ring (bicyclic) bond motifs is 1. The number of carboxylic acid groups (broad SMARTS) is 1. The first-order valence-electron chi connectivity index (χ1n) is 6.70. The summed E-state index contributed by atoms with van der Waals surface area (Å²) in [4.78, 5) is 11.4. The highest BCUT2D eigenvalue weighted by atomic mass is 35.5. The Morgan fingerprint density at radius 3 is 2.55 bits per heavy atom. The Balaban J connectivity index is 2.18. The van der Waals surface area contributed by atoms with Gasteiger partial charge in [0.05, 0.1) is 0 Å². The monoisotopic (exact) mass is 355 g/mol. The van der Waals surface area contributed by atoms with E-state index in [2.05, 4.69) is 5.32 Å². The molecule has 1 aliphatic heterocycles. The van der Waals surface area contributed by atoms with Crippen LogP contribution < -0.4 is 5.32 Å². The molecule has 2 aromatic rings. The predicted octanol–water partition coefficient (Wildman–Crippen LogP) is 5.05. The summed E-state index contributed by atoms with van der Waals surface area (Å²) in [6.07, 6.45) is 0.368. The van der Waals surface area contributed by atoms with Gasteiger partial charge in [0.25, 0.3) is 0 Å². The summed E-state index contributed by atoms with van der Waals surface area (Å²) >= 11 is 18.7. The molecular weight excluding hydrogens is 345 g/mol. The molecule has 2 aromatic carbocycles. The molecule has 0 aliphatic carbocycles. The molecule has 2 atom stereocenters. The van der Waals surface area contributed by atoms with Gasteiger partial charge in [-0.3, -0.25) is 0 Å². The van der Waals surface area contributed by atoms with Crippen LogP contribution >= 0.6 is 34.8 Å². The highest BCUT2D eigenvalue weighted by Crippen LogP contribution is 2.45. The molecule has 0 saturated heterocycles. The van der Waals surface area contributed by atoms with Gasteiger partial charge >= 0.3 is 5.97 Å². The van der Waals surface area contributed by atoms with Crippen LogP contribution in [0.3, 0.4) is 0 Å². The van der Waals surface area contributed by atoms with E-state index in [1.54, 1.807) is 18.2 Å². The second-order valence-corrected chi connectivity index (χ2v) is 6.44. The number of carbonyl (C=O) groups is 1. The number of anilines is 1. The smallest absolute Gasteiger partial charge is 0.326 e. The first-order chi connectivity index (χ1) is 10.5. The van der Waals surface area contributed by atoms with Crippen molar-refractivity contribution in [2.75, 3.05) is 5.32 Å². The molecular formula is C16H12Cl3NO2. The van der Waals surface area contributed by atoms with E-state index in [1.807, 2.05) is 18.2 Å². The maximum atomic E-state index is 11.4. The maximum Gasteiger partial charge on any atom is 0.326 e. The lowest BCUT2D eigenvalue weighted by Crippen LogP contribution is -2.35. The summed E-state index contributed by atoms with van der Waals surface area (Å²) in [6, 6.07) is 10.0. The van der Waals surface area contributed by atoms with Crippen molar-refractivity contribution in [3.8, 4) is 0 Å². The molecule has 2 unspecified atom stereocenters. The molecule has 1 heterocycles. The average molecular weight is 357 g/mol. The van der Waals surface area contributed by atoms with E-state index < -0.39 is 12.0 Å². The van der Waals surface area contributed by atoms with Crippen LogP contribution in [0, 0.1) is 0 Å². The van der Waals surface area contributed by atoms with E-state index in [4.69, 9.17) is 34.8 Å². The lowest BCUT2D eigenvalue weighted by Gasteiger charge is -2.32. The van der Waals surface area contributed by atoms with Crippen molar-refractivity contribution in [3.63, 3.8) is 0 Å². The van der Waals surface area contributed by atoms with Gasteiger partial charge in [-0.2, -0.15) is 0 Å². The third kappa shape index (κ3) is 2.76. The summed E-state index contributed by atoms with van der Waals surface area (Å²) in [5, 5.41) is 13.9. The largest absolute Gasteiger partial charge is 0.480 e. The first kappa shape index (κ1) is 15.5. The van der Waals surface area contributed by atoms with Crippen molar-refractivity contribution >= 4 is 46.5 Å². The van der Waals surface area contributed by atoms with Crippen LogP contribution in [0.5, 0.6) is 0 Å². The highest BCUT2D eigenvalue weighted by molar-refractivity contribution is 6.36. The van der Waals surface area contributed by atoms with Gasteiger partial charge in [-0.1, -0.05) is 53.0 Å². The molecule has 0 aromatic heterocycles. The Morgan fingerprint density at radius 1 is 1.14 bits per heavy atom. The van der Waals surface area contributed by atoms with Crippen molar-refractivity contribution in [2.24, 2.45) is 0 Å². The van der Waals surface area contributed by atoms with Gasteiger partial charge in [0.2, 0.25) is 0 Å². The van der Waals surface area contributed by atoms with E-state index in [0.29, 0.717) is 27.2 Å². The van der Waals surface area contributed by atoms with Crippen molar-refractivity contribution in [1.82, 2.24) is 0 Å². The molecule has 0 fully saturated rings. The summed E-state index contributed by atoms with van der Waals surface area (Å²) in [5.74, 6) is -1.12. The van der Waals surface area contributed by atoms with Gasteiger partial charge in [-0.25, -0.2) is 4.79 Å². The quantitative estimate of drug-likeness (QED) is 0.792. The van der Waals surface area contributed by atoms with Crippen molar-refractivity contribution in [3.05, 3.63) is 62.6 Å². The average Bonchev–Trinajstić information content (AvgIpc) is 2.46. The van der Waals surface area contributed by atoms with E-state index in [9.17, 15) is 9.90 Å². The second-order valence-electron chi connectivity index (χ2n) is 5.19. The van der Waals surface area contributed by atoms with Crippen LogP contribution in [0.2, 0.25) is 15.1 Å². The molecule has 0 amide bonds. The molecule has 3 rings (SSSR count). The fourth-order valence-corrected chi connectivity index (χ4v) is 3.75. The number of carboxylic acids is 1. The number of halogens is 3. The molecule has 1 aliphatic rings. The van der Waals surface area contributed by atoms with Crippen molar-refractivity contribution < 1.29 is 9.90 Å². The zero-order valence-electron chi connectivity index (χ0n) is 11.3. The van der Waals surface area contributed by atoms with Crippen molar-refractivity contribution in [1.29, 1.82) is 0 Å². The topological polar surface area (TPSA) is 49.3 Å². The Bertz CT molecular complexity index is 748. The zero-order valence-corrected chi connectivity index (χ0v) is 13.6. The Labute approximate surface area is 142 Å². The maximum absolute atomic E-state index is 11.4. The van der Waals surface area contributed by atoms with Crippen LogP contribution in [0.25, 0.3) is 0 Å². The Morgan fingerprint density at radius 2 is 1.86 bits per heavy atom. The molecule has 0 radical (unpaired) electrons. The van der Waals surface area contributed by atoms with Crippen LogP contribution in [-0.4, -0.2) is 17.1 Å². The zero-order chi connectivity index (χ0) is 15.9. The Kier molecular flexibility index (Phi) is 4.22. The molecule has 6 heteroatoms. The summed E-state index contributed by atoms with van der Waals surface area (Å²) in [6.45, 7) is 0. The lowest BCUT2D eigenvalue weighted by atomic mass is 9.82. The SMILES string of the molecule is O=C(O)C1CC(c2ccccc2Cl)c2c(Cl)cc(Cl)cc2N1. The first-order valence-corrected chi connectivity index (χ1v) is 7.83. The van der Waals surface area contributed by atoms with Crippen LogP contribution in [0.4, 0.5) is 5.69 Å². The van der Waals surface area contributed by atoms with Gasteiger partial charge in [-0.05, 0) is 30.2 Å². The number of benzene rings is 2. The van der Waals surface area contributed by atoms with Gasteiger partial charge in [0, 0.05) is 32.2 Å². The normalized spacial score (nSPS) is 20.1. The summed E-state index contributed by atoms with van der Waals surface area (Å²) < 4.78 is 0. The number of hydrogen-bond donors (Lipinski definition) is 2. The minimum absolute atomic E-state index is 0.198. The van der Waals surface area contributed by atoms with Crippen LogP contribution in [0.1, 0.15) is 23.5 Å². The number of rotatable bonds is 2. The van der Waals surface area contributed by atoms with Crippen LogP contribution in [-0.2, 0) is 4.79 Å². The van der Waals surface area contributed by atoms with E-state index in [1.165, 1.54) is 0 Å². The van der Waals surface area contributed by atoms with Gasteiger partial charge in [-0.15, -0.1) is 0 Å². The number of nitrogens with one attached hydrogen (secondary N) is 1. The Hall–Kier alpha value is -1.42. The van der Waals surface area contributed by atoms with Crippen molar-refractivity contribution in [2.45, 2.75) is 18.4 Å². The number of aliphatic carboxylic acids is 1.